The molecule has 2 N–H and O–H groups in total. The molecule has 1 unspecified atom stereocenters. The van der Waals surface area contributed by atoms with Crippen LogP contribution in [0.25, 0.3) is 0 Å². The maximum Gasteiger partial charge on any atom is 0.207 e. The van der Waals surface area contributed by atoms with Crippen molar-refractivity contribution in [3.05, 3.63) is 68.2 Å². The summed E-state index contributed by atoms with van der Waals surface area (Å²) in [6, 6.07) is 11.7. The molecule has 110 valence electrons. The summed E-state index contributed by atoms with van der Waals surface area (Å²) in [6.07, 6.45) is 2.73. The van der Waals surface area contributed by atoms with Crippen molar-refractivity contribution in [3.63, 3.8) is 0 Å². The number of benzene rings is 1. The number of hydrogen-bond donors (Lipinski definition) is 1. The first-order valence-electron chi connectivity index (χ1n) is 6.53. The fraction of sp³-hybridized carbons (Fsp3) is 0.200. The average molecular weight is 341 g/mol. The predicted molar refractivity (Wildman–Crippen MR) is 87.3 cm³/mol. The normalized spacial score (nSPS) is 18.6. The molecule has 0 aliphatic carbocycles. The largest absolute Gasteiger partial charge is 0.388 e. The molecular formula is C15H14Cl2N2OS. The number of hydrogen-bond acceptors (Lipinski definition) is 4. The quantitative estimate of drug-likeness (QED) is 0.897. The lowest BCUT2D eigenvalue weighted by atomic mass is 10.1. The van der Waals surface area contributed by atoms with Crippen molar-refractivity contribution in [2.45, 2.75) is 12.5 Å². The zero-order valence-corrected chi connectivity index (χ0v) is 13.5. The van der Waals surface area contributed by atoms with Crippen LogP contribution in [-0.2, 0) is 11.3 Å². The van der Waals surface area contributed by atoms with Gasteiger partial charge in [-0.1, -0.05) is 35.3 Å². The van der Waals surface area contributed by atoms with Crippen LogP contribution >= 0.6 is 34.5 Å². The van der Waals surface area contributed by atoms with Crippen molar-refractivity contribution < 1.29 is 4.84 Å². The number of thiophene rings is 1. The Morgan fingerprint density at radius 1 is 1.24 bits per heavy atom. The highest BCUT2D eigenvalue weighted by Crippen LogP contribution is 2.35. The Labute approximate surface area is 137 Å². The summed E-state index contributed by atoms with van der Waals surface area (Å²) in [6.45, 7) is 0.720. The van der Waals surface area contributed by atoms with Crippen LogP contribution in [0.15, 0.2) is 48.4 Å². The van der Waals surface area contributed by atoms with Gasteiger partial charge in [-0.05, 0) is 36.2 Å². The molecule has 2 heterocycles. The molecule has 0 saturated carbocycles. The summed E-state index contributed by atoms with van der Waals surface area (Å²) in [4.78, 5) is 6.71. The first-order valence-corrected chi connectivity index (χ1v) is 8.10. The summed E-state index contributed by atoms with van der Waals surface area (Å²) in [5.74, 6) is 0.426. The van der Waals surface area contributed by atoms with Gasteiger partial charge < -0.3 is 10.6 Å². The van der Waals surface area contributed by atoms with Crippen LogP contribution in [0, 0.1) is 0 Å². The van der Waals surface area contributed by atoms with Crippen molar-refractivity contribution in [1.29, 1.82) is 0 Å². The highest BCUT2D eigenvalue weighted by Gasteiger charge is 2.28. The van der Waals surface area contributed by atoms with Crippen LogP contribution in [-0.4, -0.2) is 11.6 Å². The SMILES string of the molecule is NC1=CC(c2ccc(Cl)s2)N(CCc2cccc(Cl)c2)O1. The van der Waals surface area contributed by atoms with Crippen LogP contribution in [0.5, 0.6) is 0 Å². The van der Waals surface area contributed by atoms with Gasteiger partial charge in [0.1, 0.15) is 6.04 Å². The minimum atomic E-state index is 0.0154. The van der Waals surface area contributed by atoms with E-state index in [0.717, 1.165) is 27.2 Å². The van der Waals surface area contributed by atoms with Crippen LogP contribution in [0.1, 0.15) is 16.5 Å². The lowest BCUT2D eigenvalue weighted by Gasteiger charge is -2.21. The highest BCUT2D eigenvalue weighted by atomic mass is 35.5. The van der Waals surface area contributed by atoms with E-state index >= 15 is 0 Å². The number of halogens is 2. The third kappa shape index (κ3) is 3.52. The van der Waals surface area contributed by atoms with Crippen LogP contribution in [0.4, 0.5) is 0 Å². The average Bonchev–Trinajstić information content (AvgIpc) is 3.02. The second-order valence-corrected chi connectivity index (χ2v) is 6.95. The highest BCUT2D eigenvalue weighted by molar-refractivity contribution is 7.16. The van der Waals surface area contributed by atoms with Crippen LogP contribution < -0.4 is 5.73 Å². The molecule has 1 aromatic carbocycles. The van der Waals surface area contributed by atoms with Crippen molar-refractivity contribution in [2.24, 2.45) is 5.73 Å². The van der Waals surface area contributed by atoms with Gasteiger partial charge in [0.15, 0.2) is 0 Å². The molecule has 21 heavy (non-hydrogen) atoms. The Morgan fingerprint density at radius 2 is 2.10 bits per heavy atom. The van der Waals surface area contributed by atoms with Crippen LogP contribution in [0.3, 0.4) is 0 Å². The van der Waals surface area contributed by atoms with E-state index in [1.54, 1.807) is 0 Å². The Bertz CT molecular complexity index is 671. The fourth-order valence-electron chi connectivity index (χ4n) is 2.29. The molecule has 2 aromatic rings. The van der Waals surface area contributed by atoms with Gasteiger partial charge in [-0.15, -0.1) is 16.4 Å². The summed E-state index contributed by atoms with van der Waals surface area (Å²) in [5, 5.41) is 2.62. The Kier molecular flexibility index (Phi) is 4.40. The molecule has 0 radical (unpaired) electrons. The maximum absolute atomic E-state index is 6.01. The zero-order valence-electron chi connectivity index (χ0n) is 11.1. The van der Waals surface area contributed by atoms with Crippen molar-refractivity contribution in [1.82, 2.24) is 5.06 Å². The summed E-state index contributed by atoms with van der Waals surface area (Å²) in [7, 11) is 0. The minimum Gasteiger partial charge on any atom is -0.388 e. The van der Waals surface area contributed by atoms with Gasteiger partial charge in [-0.2, -0.15) is 0 Å². The number of rotatable bonds is 4. The summed E-state index contributed by atoms with van der Waals surface area (Å²) in [5.41, 5.74) is 6.97. The van der Waals surface area contributed by atoms with E-state index in [9.17, 15) is 0 Å². The van der Waals surface area contributed by atoms with E-state index in [1.165, 1.54) is 16.9 Å². The topological polar surface area (TPSA) is 38.5 Å². The summed E-state index contributed by atoms with van der Waals surface area (Å²) >= 11 is 13.5. The third-order valence-corrected chi connectivity index (χ3v) is 4.79. The molecule has 0 fully saturated rings. The lowest BCUT2D eigenvalue weighted by molar-refractivity contribution is -0.118. The number of nitrogens with zero attached hydrogens (tertiary/aromatic N) is 1. The monoisotopic (exact) mass is 340 g/mol. The molecule has 0 amide bonds. The predicted octanol–water partition coefficient (Wildman–Crippen LogP) is 4.39. The van der Waals surface area contributed by atoms with Crippen molar-refractivity contribution in [3.8, 4) is 0 Å². The smallest absolute Gasteiger partial charge is 0.207 e. The van der Waals surface area contributed by atoms with Gasteiger partial charge in [0, 0.05) is 22.5 Å². The Balaban J connectivity index is 1.70. The van der Waals surface area contributed by atoms with Gasteiger partial charge >= 0.3 is 0 Å². The van der Waals surface area contributed by atoms with Gasteiger partial charge in [0.2, 0.25) is 5.88 Å². The molecule has 1 aromatic heterocycles. The molecule has 1 aliphatic rings. The fourth-order valence-corrected chi connectivity index (χ4v) is 3.64. The molecule has 0 spiro atoms. The first-order chi connectivity index (χ1) is 10.1. The maximum atomic E-state index is 6.01. The number of hydroxylamine groups is 2. The number of nitrogens with two attached hydrogens (primary N) is 1. The Hall–Kier alpha value is -1.20. The van der Waals surface area contributed by atoms with E-state index in [2.05, 4.69) is 6.07 Å². The molecular weight excluding hydrogens is 327 g/mol. The second kappa shape index (κ2) is 6.28. The van der Waals surface area contributed by atoms with E-state index in [-0.39, 0.29) is 6.04 Å². The standard InChI is InChI=1S/C15H14Cl2N2OS/c16-11-3-1-2-10(8-11)6-7-19-12(9-15(18)20-19)13-4-5-14(17)21-13/h1-5,8-9,12H,6-7,18H2. The van der Waals surface area contributed by atoms with Crippen molar-refractivity contribution in [2.75, 3.05) is 6.54 Å². The zero-order chi connectivity index (χ0) is 14.8. The molecule has 0 bridgehead atoms. The molecule has 6 heteroatoms. The molecule has 1 atom stereocenters. The van der Waals surface area contributed by atoms with E-state index in [0.29, 0.717) is 5.88 Å². The van der Waals surface area contributed by atoms with Gasteiger partial charge in [-0.3, -0.25) is 0 Å². The van der Waals surface area contributed by atoms with Crippen LogP contribution in [0.2, 0.25) is 9.36 Å². The van der Waals surface area contributed by atoms with Gasteiger partial charge in [0.05, 0.1) is 4.34 Å². The van der Waals surface area contributed by atoms with Crippen molar-refractivity contribution >= 4 is 34.5 Å². The summed E-state index contributed by atoms with van der Waals surface area (Å²) < 4.78 is 0.763. The molecule has 1 aliphatic heterocycles. The van der Waals surface area contributed by atoms with E-state index in [1.807, 2.05) is 41.5 Å². The molecule has 0 saturated heterocycles. The van der Waals surface area contributed by atoms with Gasteiger partial charge in [-0.25, -0.2) is 0 Å². The third-order valence-electron chi connectivity index (χ3n) is 3.25. The van der Waals surface area contributed by atoms with Gasteiger partial charge in [0.25, 0.3) is 0 Å². The van der Waals surface area contributed by atoms with E-state index < -0.39 is 0 Å². The second-order valence-electron chi connectivity index (χ2n) is 4.77. The Morgan fingerprint density at radius 3 is 2.81 bits per heavy atom. The minimum absolute atomic E-state index is 0.0154. The van der Waals surface area contributed by atoms with E-state index in [4.69, 9.17) is 33.8 Å². The molecule has 3 rings (SSSR count). The first kappa shape index (κ1) is 14.7. The lowest BCUT2D eigenvalue weighted by Crippen LogP contribution is -2.25. The molecule has 3 nitrogen and oxygen atoms in total.